The molecule has 1 atom stereocenters. The SMILES string of the molecule is CCNC1CCN(C2CC(O)C2)C1=O. The summed E-state index contributed by atoms with van der Waals surface area (Å²) in [5.41, 5.74) is 0. The van der Waals surface area contributed by atoms with Crippen molar-refractivity contribution in [3.63, 3.8) is 0 Å². The highest BCUT2D eigenvalue weighted by molar-refractivity contribution is 5.84. The second-order valence-corrected chi connectivity index (χ2v) is 4.21. The molecule has 2 N–H and O–H groups in total. The minimum atomic E-state index is -0.175. The summed E-state index contributed by atoms with van der Waals surface area (Å²) >= 11 is 0. The van der Waals surface area contributed by atoms with Crippen molar-refractivity contribution in [1.29, 1.82) is 0 Å². The molecule has 80 valence electrons. The first-order chi connectivity index (χ1) is 6.72. The van der Waals surface area contributed by atoms with Gasteiger partial charge in [-0.2, -0.15) is 0 Å². The molecule has 1 amide bonds. The standard InChI is InChI=1S/C10H18N2O2/c1-2-11-9-3-4-12(10(9)14)7-5-8(13)6-7/h7-9,11,13H,2-6H2,1H3. The normalized spacial score (nSPS) is 37.4. The van der Waals surface area contributed by atoms with Gasteiger partial charge in [-0.15, -0.1) is 0 Å². The predicted octanol–water partition coefficient (Wildman–Crippen LogP) is -0.280. The average molecular weight is 198 g/mol. The molecule has 4 heteroatoms. The fraction of sp³-hybridized carbons (Fsp3) is 0.900. The Kier molecular flexibility index (Phi) is 2.74. The predicted molar refractivity (Wildman–Crippen MR) is 52.8 cm³/mol. The Morgan fingerprint density at radius 2 is 2.29 bits per heavy atom. The van der Waals surface area contributed by atoms with E-state index in [-0.39, 0.29) is 18.1 Å². The van der Waals surface area contributed by atoms with Crippen molar-refractivity contribution in [2.75, 3.05) is 13.1 Å². The molecule has 1 saturated heterocycles. The summed E-state index contributed by atoms with van der Waals surface area (Å²) in [7, 11) is 0. The zero-order chi connectivity index (χ0) is 10.1. The first-order valence-corrected chi connectivity index (χ1v) is 5.44. The molecule has 1 aliphatic carbocycles. The molecule has 0 spiro atoms. The van der Waals surface area contributed by atoms with Gasteiger partial charge in [-0.1, -0.05) is 6.92 Å². The van der Waals surface area contributed by atoms with E-state index in [1.807, 2.05) is 11.8 Å². The van der Waals surface area contributed by atoms with E-state index in [2.05, 4.69) is 5.32 Å². The molecule has 0 aromatic heterocycles. The smallest absolute Gasteiger partial charge is 0.240 e. The fourth-order valence-electron chi connectivity index (χ4n) is 2.31. The van der Waals surface area contributed by atoms with Gasteiger partial charge in [0.05, 0.1) is 12.1 Å². The Balaban J connectivity index is 1.87. The number of rotatable bonds is 3. The maximum Gasteiger partial charge on any atom is 0.240 e. The third kappa shape index (κ3) is 1.64. The molecule has 2 aliphatic rings. The van der Waals surface area contributed by atoms with Crippen LogP contribution in [0.15, 0.2) is 0 Å². The second kappa shape index (κ2) is 3.87. The largest absolute Gasteiger partial charge is 0.393 e. The summed E-state index contributed by atoms with van der Waals surface area (Å²) in [6.07, 6.45) is 2.28. The van der Waals surface area contributed by atoms with Crippen LogP contribution >= 0.6 is 0 Å². The highest BCUT2D eigenvalue weighted by atomic mass is 16.3. The number of hydrogen-bond donors (Lipinski definition) is 2. The number of nitrogens with zero attached hydrogens (tertiary/aromatic N) is 1. The molecule has 1 saturated carbocycles. The molecule has 0 aromatic rings. The van der Waals surface area contributed by atoms with E-state index in [1.54, 1.807) is 0 Å². The lowest BCUT2D eigenvalue weighted by atomic mass is 9.88. The van der Waals surface area contributed by atoms with Gasteiger partial charge in [0.15, 0.2) is 0 Å². The Morgan fingerprint density at radius 3 is 2.86 bits per heavy atom. The monoisotopic (exact) mass is 198 g/mol. The molecular weight excluding hydrogens is 180 g/mol. The molecule has 0 aromatic carbocycles. The summed E-state index contributed by atoms with van der Waals surface area (Å²) in [6.45, 7) is 3.72. The van der Waals surface area contributed by atoms with Gasteiger partial charge >= 0.3 is 0 Å². The molecule has 0 radical (unpaired) electrons. The molecule has 1 aliphatic heterocycles. The highest BCUT2D eigenvalue weighted by Crippen LogP contribution is 2.28. The van der Waals surface area contributed by atoms with Crippen molar-refractivity contribution in [2.45, 2.75) is 44.4 Å². The number of amides is 1. The Bertz CT molecular complexity index is 226. The van der Waals surface area contributed by atoms with Gasteiger partial charge in [0.25, 0.3) is 0 Å². The average Bonchev–Trinajstić information content (AvgIpc) is 2.44. The van der Waals surface area contributed by atoms with Crippen LogP contribution < -0.4 is 5.32 Å². The third-order valence-electron chi connectivity index (χ3n) is 3.22. The molecule has 2 rings (SSSR count). The van der Waals surface area contributed by atoms with Crippen molar-refractivity contribution >= 4 is 5.91 Å². The van der Waals surface area contributed by atoms with E-state index in [4.69, 9.17) is 0 Å². The van der Waals surface area contributed by atoms with Crippen LogP contribution in [-0.2, 0) is 4.79 Å². The molecule has 14 heavy (non-hydrogen) atoms. The van der Waals surface area contributed by atoms with Gasteiger partial charge in [0, 0.05) is 12.6 Å². The lowest BCUT2D eigenvalue weighted by Crippen LogP contribution is -2.50. The quantitative estimate of drug-likeness (QED) is 0.656. The Hall–Kier alpha value is -0.610. The lowest BCUT2D eigenvalue weighted by Gasteiger charge is -2.38. The number of nitrogens with one attached hydrogen (secondary N) is 1. The van der Waals surface area contributed by atoms with E-state index in [0.717, 1.165) is 32.4 Å². The maximum atomic E-state index is 11.8. The summed E-state index contributed by atoms with van der Waals surface area (Å²) in [5, 5.41) is 12.4. The van der Waals surface area contributed by atoms with Crippen LogP contribution in [-0.4, -0.2) is 47.2 Å². The Morgan fingerprint density at radius 1 is 1.57 bits per heavy atom. The highest BCUT2D eigenvalue weighted by Gasteiger charge is 2.40. The van der Waals surface area contributed by atoms with Crippen molar-refractivity contribution in [2.24, 2.45) is 0 Å². The van der Waals surface area contributed by atoms with Gasteiger partial charge < -0.3 is 15.3 Å². The molecule has 0 bridgehead atoms. The molecule has 1 heterocycles. The molecule has 1 unspecified atom stereocenters. The number of carbonyl (C=O) groups is 1. The Labute approximate surface area is 84.3 Å². The minimum absolute atomic E-state index is 0.0257. The third-order valence-corrected chi connectivity index (χ3v) is 3.22. The first kappa shape index (κ1) is 9.93. The number of carbonyl (C=O) groups excluding carboxylic acids is 1. The van der Waals surface area contributed by atoms with Crippen molar-refractivity contribution in [1.82, 2.24) is 10.2 Å². The van der Waals surface area contributed by atoms with Crippen LogP contribution in [0.1, 0.15) is 26.2 Å². The van der Waals surface area contributed by atoms with Gasteiger partial charge in [-0.3, -0.25) is 4.79 Å². The second-order valence-electron chi connectivity index (χ2n) is 4.21. The van der Waals surface area contributed by atoms with Crippen LogP contribution in [0.2, 0.25) is 0 Å². The molecular formula is C10H18N2O2. The zero-order valence-electron chi connectivity index (χ0n) is 8.57. The number of likely N-dealkylation sites (tertiary alicyclic amines) is 1. The lowest BCUT2D eigenvalue weighted by molar-refractivity contribution is -0.135. The first-order valence-electron chi connectivity index (χ1n) is 5.44. The van der Waals surface area contributed by atoms with E-state index < -0.39 is 0 Å². The van der Waals surface area contributed by atoms with Gasteiger partial charge in [-0.05, 0) is 25.8 Å². The van der Waals surface area contributed by atoms with Gasteiger partial charge in [0.2, 0.25) is 5.91 Å². The van der Waals surface area contributed by atoms with E-state index in [1.165, 1.54) is 0 Å². The summed E-state index contributed by atoms with van der Waals surface area (Å²) < 4.78 is 0. The van der Waals surface area contributed by atoms with E-state index >= 15 is 0 Å². The minimum Gasteiger partial charge on any atom is -0.393 e. The fourth-order valence-corrected chi connectivity index (χ4v) is 2.31. The molecule has 2 fully saturated rings. The van der Waals surface area contributed by atoms with Crippen LogP contribution in [0.3, 0.4) is 0 Å². The van der Waals surface area contributed by atoms with Gasteiger partial charge in [0.1, 0.15) is 0 Å². The van der Waals surface area contributed by atoms with E-state index in [0.29, 0.717) is 6.04 Å². The van der Waals surface area contributed by atoms with Crippen LogP contribution in [0.4, 0.5) is 0 Å². The zero-order valence-corrected chi connectivity index (χ0v) is 8.57. The number of likely N-dealkylation sites (N-methyl/N-ethyl adjacent to an activating group) is 1. The molecule has 4 nitrogen and oxygen atoms in total. The summed E-state index contributed by atoms with van der Waals surface area (Å²) in [6, 6.07) is 0.332. The number of aliphatic hydroxyl groups excluding tert-OH is 1. The van der Waals surface area contributed by atoms with E-state index in [9.17, 15) is 9.90 Å². The van der Waals surface area contributed by atoms with Crippen molar-refractivity contribution in [3.8, 4) is 0 Å². The summed E-state index contributed by atoms with van der Waals surface area (Å²) in [5.74, 6) is 0.226. The van der Waals surface area contributed by atoms with Crippen LogP contribution in [0, 0.1) is 0 Å². The van der Waals surface area contributed by atoms with Gasteiger partial charge in [-0.25, -0.2) is 0 Å². The van der Waals surface area contributed by atoms with Crippen LogP contribution in [0.25, 0.3) is 0 Å². The van der Waals surface area contributed by atoms with Crippen LogP contribution in [0.5, 0.6) is 0 Å². The van der Waals surface area contributed by atoms with Crippen molar-refractivity contribution in [3.05, 3.63) is 0 Å². The number of hydrogen-bond acceptors (Lipinski definition) is 3. The number of aliphatic hydroxyl groups is 1. The van der Waals surface area contributed by atoms with Crippen molar-refractivity contribution < 1.29 is 9.90 Å². The topological polar surface area (TPSA) is 52.6 Å². The summed E-state index contributed by atoms with van der Waals surface area (Å²) in [4.78, 5) is 13.7. The maximum absolute atomic E-state index is 11.8.